The summed E-state index contributed by atoms with van der Waals surface area (Å²) in [6.45, 7) is 0. The van der Waals surface area contributed by atoms with Crippen LogP contribution in [0.1, 0.15) is 5.56 Å². The highest BCUT2D eigenvalue weighted by atomic mass is 15.0. The number of rotatable bonds is 1. The Balaban J connectivity index is 3.05. The van der Waals surface area contributed by atoms with E-state index in [9.17, 15) is 0 Å². The van der Waals surface area contributed by atoms with Crippen LogP contribution in [0, 0.1) is 0 Å². The summed E-state index contributed by atoms with van der Waals surface area (Å²) in [6, 6.07) is 1.92. The highest BCUT2D eigenvalue weighted by Gasteiger charge is 1.96. The lowest BCUT2D eigenvalue weighted by Crippen LogP contribution is -1.95. The molecule has 0 bridgehead atoms. The van der Waals surface area contributed by atoms with Gasteiger partial charge in [-0.05, 0) is 18.3 Å². The third-order valence-electron chi connectivity index (χ3n) is 1.43. The molecule has 0 amide bonds. The Kier molecular flexibility index (Phi) is 1.67. The number of aryl methyl sites for hydroxylation is 1. The Morgan fingerprint density at radius 2 is 2.30 bits per heavy atom. The van der Waals surface area contributed by atoms with Crippen LogP contribution in [0.3, 0.4) is 0 Å². The number of hydrogen-bond acceptors (Lipinski definition) is 2. The molecule has 1 heterocycles. The average Bonchev–Trinajstić information content (AvgIpc) is 2.20. The van der Waals surface area contributed by atoms with Crippen LogP contribution in [-0.4, -0.2) is 4.57 Å². The lowest BCUT2D eigenvalue weighted by atomic mass is 10.3. The molecular formula is C7H11N3. The topological polar surface area (TPSA) is 57.0 Å². The van der Waals surface area contributed by atoms with E-state index >= 15 is 0 Å². The van der Waals surface area contributed by atoms with Gasteiger partial charge in [0.2, 0.25) is 0 Å². The molecule has 0 aliphatic carbocycles. The van der Waals surface area contributed by atoms with Gasteiger partial charge < -0.3 is 16.0 Å². The van der Waals surface area contributed by atoms with Crippen molar-refractivity contribution in [3.05, 3.63) is 24.0 Å². The van der Waals surface area contributed by atoms with Crippen molar-refractivity contribution in [3.8, 4) is 0 Å². The smallest absolute Gasteiger partial charge is 0.110 e. The van der Waals surface area contributed by atoms with Crippen molar-refractivity contribution in [2.24, 2.45) is 12.8 Å². The first-order valence-electron chi connectivity index (χ1n) is 3.05. The molecule has 0 unspecified atom stereocenters. The van der Waals surface area contributed by atoms with Gasteiger partial charge >= 0.3 is 0 Å². The van der Waals surface area contributed by atoms with Crippen molar-refractivity contribution in [2.75, 3.05) is 5.73 Å². The van der Waals surface area contributed by atoms with Crippen LogP contribution in [0.25, 0.3) is 6.08 Å². The predicted molar refractivity (Wildman–Crippen MR) is 43.0 cm³/mol. The molecule has 0 saturated heterocycles. The normalized spacial score (nSPS) is 10.9. The number of nitrogens with zero attached hydrogens (tertiary/aromatic N) is 1. The summed E-state index contributed by atoms with van der Waals surface area (Å²) in [4.78, 5) is 0. The summed E-state index contributed by atoms with van der Waals surface area (Å²) >= 11 is 0. The number of nitrogens with two attached hydrogens (primary N) is 2. The largest absolute Gasteiger partial charge is 0.405 e. The van der Waals surface area contributed by atoms with Gasteiger partial charge in [0, 0.05) is 18.8 Å². The van der Waals surface area contributed by atoms with Crippen LogP contribution in [0.4, 0.5) is 5.82 Å². The van der Waals surface area contributed by atoms with Gasteiger partial charge in [-0.2, -0.15) is 0 Å². The van der Waals surface area contributed by atoms with E-state index in [1.54, 1.807) is 6.08 Å². The molecule has 0 aromatic carbocycles. The number of anilines is 1. The van der Waals surface area contributed by atoms with Crippen LogP contribution >= 0.6 is 0 Å². The fraction of sp³-hybridized carbons (Fsp3) is 0.143. The van der Waals surface area contributed by atoms with Crippen LogP contribution in [-0.2, 0) is 7.05 Å². The van der Waals surface area contributed by atoms with E-state index in [4.69, 9.17) is 11.5 Å². The maximum absolute atomic E-state index is 5.64. The van der Waals surface area contributed by atoms with Crippen molar-refractivity contribution < 1.29 is 0 Å². The third kappa shape index (κ3) is 0.978. The van der Waals surface area contributed by atoms with Crippen molar-refractivity contribution in [2.45, 2.75) is 0 Å². The second-order valence-corrected chi connectivity index (χ2v) is 2.13. The van der Waals surface area contributed by atoms with Crippen molar-refractivity contribution in [3.63, 3.8) is 0 Å². The van der Waals surface area contributed by atoms with Gasteiger partial charge in [0.1, 0.15) is 5.82 Å². The second kappa shape index (κ2) is 2.47. The predicted octanol–water partition coefficient (Wildman–Crippen LogP) is 0.537. The number of aromatic nitrogens is 1. The summed E-state index contributed by atoms with van der Waals surface area (Å²) in [5, 5.41) is 0. The standard InChI is InChI=1S/C7H11N3/c1-10-5-3-6(2-4-8)7(10)9/h2-5H,8-9H2,1H3/b4-2-. The maximum atomic E-state index is 5.64. The number of nitrogen functional groups attached to an aromatic ring is 1. The molecule has 0 radical (unpaired) electrons. The Morgan fingerprint density at radius 3 is 2.70 bits per heavy atom. The molecule has 3 nitrogen and oxygen atoms in total. The fourth-order valence-corrected chi connectivity index (χ4v) is 0.806. The van der Waals surface area contributed by atoms with Crippen LogP contribution < -0.4 is 11.5 Å². The molecule has 1 aromatic rings. The third-order valence-corrected chi connectivity index (χ3v) is 1.43. The van der Waals surface area contributed by atoms with Gasteiger partial charge in [-0.3, -0.25) is 0 Å². The quantitative estimate of drug-likeness (QED) is 0.593. The first kappa shape index (κ1) is 6.74. The highest BCUT2D eigenvalue weighted by molar-refractivity contribution is 5.61. The van der Waals surface area contributed by atoms with E-state index in [0.717, 1.165) is 11.4 Å². The van der Waals surface area contributed by atoms with E-state index in [1.165, 1.54) is 6.20 Å². The lowest BCUT2D eigenvalue weighted by Gasteiger charge is -1.94. The Labute approximate surface area is 59.9 Å². The maximum Gasteiger partial charge on any atom is 0.110 e. The van der Waals surface area contributed by atoms with Gasteiger partial charge in [-0.25, -0.2) is 0 Å². The molecule has 10 heavy (non-hydrogen) atoms. The van der Waals surface area contributed by atoms with Gasteiger partial charge in [0.25, 0.3) is 0 Å². The fourth-order valence-electron chi connectivity index (χ4n) is 0.806. The molecule has 1 aromatic heterocycles. The SMILES string of the molecule is Cn1ccc(/C=C\N)c1N. The van der Waals surface area contributed by atoms with Crippen molar-refractivity contribution >= 4 is 11.9 Å². The minimum absolute atomic E-state index is 0.738. The minimum atomic E-state index is 0.738. The average molecular weight is 137 g/mol. The first-order chi connectivity index (χ1) is 4.75. The molecule has 0 atom stereocenters. The van der Waals surface area contributed by atoms with Crippen LogP contribution in [0.5, 0.6) is 0 Å². The Bertz CT molecular complexity index is 247. The molecule has 0 aliphatic rings. The van der Waals surface area contributed by atoms with Gasteiger partial charge in [-0.1, -0.05) is 0 Å². The zero-order chi connectivity index (χ0) is 7.56. The number of hydrogen-bond donors (Lipinski definition) is 2. The molecule has 0 aliphatic heterocycles. The molecule has 4 N–H and O–H groups in total. The Hall–Kier alpha value is -1.38. The van der Waals surface area contributed by atoms with E-state index in [-0.39, 0.29) is 0 Å². The molecule has 0 spiro atoms. The second-order valence-electron chi connectivity index (χ2n) is 2.13. The summed E-state index contributed by atoms with van der Waals surface area (Å²) < 4.78 is 1.84. The van der Waals surface area contributed by atoms with Crippen LogP contribution in [0.2, 0.25) is 0 Å². The molecule has 0 saturated carbocycles. The van der Waals surface area contributed by atoms with Crippen molar-refractivity contribution in [1.29, 1.82) is 0 Å². The first-order valence-corrected chi connectivity index (χ1v) is 3.05. The zero-order valence-corrected chi connectivity index (χ0v) is 5.91. The summed E-state index contributed by atoms with van der Waals surface area (Å²) in [7, 11) is 1.89. The van der Waals surface area contributed by atoms with Gasteiger partial charge in [0.15, 0.2) is 0 Å². The molecular weight excluding hydrogens is 126 g/mol. The summed E-state index contributed by atoms with van der Waals surface area (Å²) in [5.74, 6) is 0.738. The minimum Gasteiger partial charge on any atom is -0.405 e. The molecule has 1 rings (SSSR count). The van der Waals surface area contributed by atoms with E-state index in [2.05, 4.69) is 0 Å². The van der Waals surface area contributed by atoms with Gasteiger partial charge in [0.05, 0.1) is 0 Å². The van der Waals surface area contributed by atoms with E-state index in [0.29, 0.717) is 0 Å². The molecule has 0 fully saturated rings. The van der Waals surface area contributed by atoms with E-state index in [1.807, 2.05) is 23.9 Å². The highest BCUT2D eigenvalue weighted by Crippen LogP contribution is 2.12. The Morgan fingerprint density at radius 1 is 1.60 bits per heavy atom. The summed E-state index contributed by atoms with van der Waals surface area (Å²) in [5.41, 5.74) is 11.8. The monoisotopic (exact) mass is 137 g/mol. The molecule has 3 heteroatoms. The zero-order valence-electron chi connectivity index (χ0n) is 5.91. The van der Waals surface area contributed by atoms with Gasteiger partial charge in [-0.15, -0.1) is 0 Å². The lowest BCUT2D eigenvalue weighted by molar-refractivity contribution is 0.941. The van der Waals surface area contributed by atoms with Crippen LogP contribution in [0.15, 0.2) is 18.5 Å². The van der Waals surface area contributed by atoms with Crippen molar-refractivity contribution in [1.82, 2.24) is 4.57 Å². The summed E-state index contributed by atoms with van der Waals surface area (Å²) in [6.07, 6.45) is 5.14. The molecule has 54 valence electrons. The van der Waals surface area contributed by atoms with E-state index < -0.39 is 0 Å².